The van der Waals surface area contributed by atoms with E-state index in [0.717, 1.165) is 10.9 Å². The Kier molecular flexibility index (Phi) is 4.42. The van der Waals surface area contributed by atoms with Gasteiger partial charge >= 0.3 is 12.1 Å². The fourth-order valence-electron chi connectivity index (χ4n) is 1.87. The summed E-state index contributed by atoms with van der Waals surface area (Å²) in [5, 5.41) is 22.7. The molecule has 0 aliphatic heterocycles. The van der Waals surface area contributed by atoms with Crippen LogP contribution < -0.4 is 0 Å². The molecule has 3 aromatic heterocycles. The molecule has 0 aliphatic carbocycles. The van der Waals surface area contributed by atoms with Crippen LogP contribution in [-0.4, -0.2) is 46.0 Å². The highest BCUT2D eigenvalue weighted by molar-refractivity contribution is 6.32. The molecule has 0 aromatic carbocycles. The number of carbonyl (C=O) groups is 1. The first-order valence-corrected chi connectivity index (χ1v) is 7.12. The van der Waals surface area contributed by atoms with Gasteiger partial charge in [-0.2, -0.15) is 18.3 Å². The highest BCUT2D eigenvalue weighted by Crippen LogP contribution is 2.25. The smallest absolute Gasteiger partial charge is 0.455 e. The molecule has 0 atom stereocenters. The number of tetrazole rings is 1. The summed E-state index contributed by atoms with van der Waals surface area (Å²) in [4.78, 5) is 15.9. The summed E-state index contributed by atoms with van der Waals surface area (Å²) in [6.45, 7) is 0. The lowest BCUT2D eigenvalue weighted by Crippen LogP contribution is -2.09. The fraction of sp³-hybridized carbons (Fsp3) is 0.0769. The Morgan fingerprint density at radius 1 is 1.31 bits per heavy atom. The van der Waals surface area contributed by atoms with E-state index in [9.17, 15) is 23.1 Å². The molecule has 26 heavy (non-hydrogen) atoms. The maximum absolute atomic E-state index is 12.4. The van der Waals surface area contributed by atoms with Gasteiger partial charge in [0.1, 0.15) is 0 Å². The van der Waals surface area contributed by atoms with Gasteiger partial charge in [-0.05, 0) is 29.5 Å². The summed E-state index contributed by atoms with van der Waals surface area (Å²) in [7, 11) is 0. The molecule has 0 unspecified atom stereocenters. The van der Waals surface area contributed by atoms with E-state index in [4.69, 9.17) is 11.6 Å². The first kappa shape index (κ1) is 17.5. The molecule has 13 heteroatoms. The first-order valence-electron chi connectivity index (χ1n) is 6.75. The molecule has 0 amide bonds. The van der Waals surface area contributed by atoms with Crippen LogP contribution in [0.5, 0.6) is 0 Å². The number of rotatable bonds is 4. The van der Waals surface area contributed by atoms with Gasteiger partial charge in [0.25, 0.3) is 5.82 Å². The lowest BCUT2D eigenvalue weighted by Gasteiger charge is -2.04. The maximum atomic E-state index is 12.4. The molecule has 0 fully saturated rings. The summed E-state index contributed by atoms with van der Waals surface area (Å²) in [6, 6.07) is 4.25. The summed E-state index contributed by atoms with van der Waals surface area (Å²) < 4.78 is 38.3. The van der Waals surface area contributed by atoms with Crippen molar-refractivity contribution < 1.29 is 23.1 Å². The number of carboxylic acids is 1. The minimum Gasteiger partial charge on any atom is -0.477 e. The molecule has 3 heterocycles. The number of alkyl halides is 3. The van der Waals surface area contributed by atoms with Gasteiger partial charge in [0.15, 0.2) is 11.5 Å². The van der Waals surface area contributed by atoms with Crippen LogP contribution in [-0.2, 0) is 6.18 Å². The Morgan fingerprint density at radius 2 is 2.08 bits per heavy atom. The molecule has 0 spiro atoms. The van der Waals surface area contributed by atoms with Crippen molar-refractivity contribution in [3.63, 3.8) is 0 Å². The zero-order chi connectivity index (χ0) is 18.9. The second-order valence-corrected chi connectivity index (χ2v) is 5.13. The minimum absolute atomic E-state index is 0.0875. The summed E-state index contributed by atoms with van der Waals surface area (Å²) >= 11 is 5.99. The SMILES string of the molecule is O=C(O)c1cc(/C=C/n2nnc(C(F)(F)F)n2)nn1-c1ncccc1Cl. The van der Waals surface area contributed by atoms with Crippen LogP contribution in [0.2, 0.25) is 5.02 Å². The molecule has 1 N–H and O–H groups in total. The largest absolute Gasteiger partial charge is 0.477 e. The number of aromatic carboxylic acids is 1. The van der Waals surface area contributed by atoms with E-state index in [1.165, 1.54) is 24.4 Å². The maximum Gasteiger partial charge on any atom is 0.455 e. The molecule has 0 aliphatic rings. The van der Waals surface area contributed by atoms with Crippen LogP contribution >= 0.6 is 11.6 Å². The van der Waals surface area contributed by atoms with Gasteiger partial charge in [0.05, 0.1) is 16.9 Å². The Morgan fingerprint density at radius 3 is 2.69 bits per heavy atom. The lowest BCUT2D eigenvalue weighted by atomic mass is 10.3. The van der Waals surface area contributed by atoms with E-state index in [1.807, 2.05) is 0 Å². The molecule has 3 rings (SSSR count). The van der Waals surface area contributed by atoms with E-state index in [1.54, 1.807) is 6.07 Å². The number of hydrogen-bond donors (Lipinski definition) is 1. The van der Waals surface area contributed by atoms with Crippen LogP contribution in [0.25, 0.3) is 18.1 Å². The van der Waals surface area contributed by atoms with E-state index < -0.39 is 18.0 Å². The van der Waals surface area contributed by atoms with Gasteiger partial charge in [0.2, 0.25) is 0 Å². The van der Waals surface area contributed by atoms with Gasteiger partial charge in [-0.25, -0.2) is 14.5 Å². The topological polar surface area (TPSA) is 112 Å². The Hall–Kier alpha value is -3.28. The molecule has 0 radical (unpaired) electrons. The van der Waals surface area contributed by atoms with Gasteiger partial charge in [-0.3, -0.25) is 0 Å². The van der Waals surface area contributed by atoms with Gasteiger partial charge in [-0.1, -0.05) is 11.6 Å². The monoisotopic (exact) mass is 385 g/mol. The van der Waals surface area contributed by atoms with Crippen molar-refractivity contribution in [3.8, 4) is 5.82 Å². The van der Waals surface area contributed by atoms with Crippen LogP contribution in [0.3, 0.4) is 0 Å². The van der Waals surface area contributed by atoms with Gasteiger partial charge in [0, 0.05) is 6.20 Å². The first-order chi connectivity index (χ1) is 12.3. The standard InChI is InChI=1S/C13H7ClF3N7O2/c14-8-2-1-4-18-10(8)24-9(11(25)26)6-7(20-24)3-5-23-21-12(19-22-23)13(15,16)17/h1-6H,(H,25,26)/b5-3+. The summed E-state index contributed by atoms with van der Waals surface area (Å²) in [5.41, 5.74) is -0.136. The molecule has 3 aromatic rings. The van der Waals surface area contributed by atoms with Crippen molar-refractivity contribution >= 4 is 29.8 Å². The quantitative estimate of drug-likeness (QED) is 0.733. The number of carboxylic acid groups (broad SMARTS) is 1. The Bertz CT molecular complexity index is 996. The predicted molar refractivity (Wildman–Crippen MR) is 81.4 cm³/mol. The Balaban J connectivity index is 1.94. The molecular weight excluding hydrogens is 379 g/mol. The number of aromatic nitrogens is 7. The fourth-order valence-corrected chi connectivity index (χ4v) is 2.07. The molecule has 9 nitrogen and oxygen atoms in total. The average Bonchev–Trinajstić information content (AvgIpc) is 3.20. The van der Waals surface area contributed by atoms with Crippen LogP contribution in [0.15, 0.2) is 24.4 Å². The average molecular weight is 386 g/mol. The zero-order valence-corrected chi connectivity index (χ0v) is 13.2. The molecule has 0 saturated heterocycles. The molecule has 134 valence electrons. The molecule has 0 saturated carbocycles. The number of nitrogens with zero attached hydrogens (tertiary/aromatic N) is 7. The van der Waals surface area contributed by atoms with Crippen LogP contribution in [0.1, 0.15) is 22.0 Å². The highest BCUT2D eigenvalue weighted by Gasteiger charge is 2.36. The zero-order valence-electron chi connectivity index (χ0n) is 12.5. The van der Waals surface area contributed by atoms with Crippen molar-refractivity contribution in [1.82, 2.24) is 35.0 Å². The van der Waals surface area contributed by atoms with Crippen molar-refractivity contribution in [3.05, 3.63) is 46.6 Å². The molecule has 0 bridgehead atoms. The minimum atomic E-state index is -4.72. The second-order valence-electron chi connectivity index (χ2n) is 4.73. The van der Waals surface area contributed by atoms with E-state index in [0.29, 0.717) is 4.80 Å². The van der Waals surface area contributed by atoms with E-state index >= 15 is 0 Å². The number of halogens is 4. The second kappa shape index (κ2) is 6.55. The van der Waals surface area contributed by atoms with Crippen molar-refractivity contribution in [2.75, 3.05) is 0 Å². The Labute approximate surface area is 147 Å². The number of hydrogen-bond acceptors (Lipinski definition) is 6. The van der Waals surface area contributed by atoms with Crippen molar-refractivity contribution in [2.24, 2.45) is 0 Å². The lowest BCUT2D eigenvalue weighted by molar-refractivity contribution is -0.145. The molecular formula is C13H7ClF3N7O2. The third kappa shape index (κ3) is 3.54. The number of pyridine rings is 1. The third-order valence-electron chi connectivity index (χ3n) is 2.95. The van der Waals surface area contributed by atoms with Crippen molar-refractivity contribution in [2.45, 2.75) is 6.18 Å². The van der Waals surface area contributed by atoms with E-state index in [2.05, 4.69) is 25.5 Å². The van der Waals surface area contributed by atoms with Crippen LogP contribution in [0.4, 0.5) is 13.2 Å². The third-order valence-corrected chi connectivity index (χ3v) is 3.24. The van der Waals surface area contributed by atoms with E-state index in [-0.39, 0.29) is 22.2 Å². The summed E-state index contributed by atoms with van der Waals surface area (Å²) in [6.07, 6.45) is -1.07. The van der Waals surface area contributed by atoms with Crippen molar-refractivity contribution in [1.29, 1.82) is 0 Å². The predicted octanol–water partition coefficient (Wildman–Crippen LogP) is 2.25. The normalized spacial score (nSPS) is 12.0. The van der Waals surface area contributed by atoms with Gasteiger partial charge in [-0.15, -0.1) is 15.0 Å². The van der Waals surface area contributed by atoms with Gasteiger partial charge < -0.3 is 5.11 Å². The highest BCUT2D eigenvalue weighted by atomic mass is 35.5. The van der Waals surface area contributed by atoms with Crippen LogP contribution in [0, 0.1) is 0 Å². The summed E-state index contributed by atoms with van der Waals surface area (Å²) in [5.74, 6) is -2.61.